The first-order chi connectivity index (χ1) is 10.3. The molecule has 1 rings (SSSR count). The molecule has 0 amide bonds. The molecule has 21 heavy (non-hydrogen) atoms. The summed E-state index contributed by atoms with van der Waals surface area (Å²) in [6, 6.07) is 7.06. The molecule has 1 atom stereocenters. The molecule has 1 N–H and O–H groups in total. The van der Waals surface area contributed by atoms with Gasteiger partial charge in [-0.3, -0.25) is 0 Å². The minimum absolute atomic E-state index is 0.101. The van der Waals surface area contributed by atoms with E-state index in [1.807, 2.05) is 12.1 Å². The Morgan fingerprint density at radius 2 is 1.86 bits per heavy atom. The molecule has 0 aliphatic rings. The van der Waals surface area contributed by atoms with E-state index < -0.39 is 0 Å². The number of nitrogens with one attached hydrogen (secondary N) is 1. The molecule has 0 radical (unpaired) electrons. The van der Waals surface area contributed by atoms with Crippen LogP contribution in [0.3, 0.4) is 0 Å². The van der Waals surface area contributed by atoms with Gasteiger partial charge in [0.15, 0.2) is 0 Å². The van der Waals surface area contributed by atoms with E-state index in [4.69, 9.17) is 9.47 Å². The zero-order chi connectivity index (χ0) is 15.3. The van der Waals surface area contributed by atoms with Gasteiger partial charge in [-0.25, -0.2) is 4.39 Å². The molecule has 1 unspecified atom stereocenters. The van der Waals surface area contributed by atoms with E-state index in [9.17, 15) is 4.39 Å². The van der Waals surface area contributed by atoms with Gasteiger partial charge in [0.1, 0.15) is 5.82 Å². The third-order valence-corrected chi connectivity index (χ3v) is 3.59. The summed E-state index contributed by atoms with van der Waals surface area (Å²) in [5.74, 6) is 0.340. The van der Waals surface area contributed by atoms with Crippen LogP contribution in [0.2, 0.25) is 0 Å². The summed E-state index contributed by atoms with van der Waals surface area (Å²) in [7, 11) is 3.42. The van der Waals surface area contributed by atoms with E-state index in [-0.39, 0.29) is 5.82 Å². The van der Waals surface area contributed by atoms with Crippen LogP contribution in [0.15, 0.2) is 24.3 Å². The minimum atomic E-state index is -0.101. The predicted molar refractivity (Wildman–Crippen MR) is 84.1 cm³/mol. The van der Waals surface area contributed by atoms with Gasteiger partial charge < -0.3 is 14.8 Å². The first kappa shape index (κ1) is 18.1. The van der Waals surface area contributed by atoms with Crippen molar-refractivity contribution in [2.75, 3.05) is 40.5 Å². The van der Waals surface area contributed by atoms with Gasteiger partial charge >= 0.3 is 0 Å². The van der Waals surface area contributed by atoms with Crippen LogP contribution in [-0.2, 0) is 15.9 Å². The lowest BCUT2D eigenvalue weighted by atomic mass is 9.93. The molecule has 0 aromatic heterocycles. The summed E-state index contributed by atoms with van der Waals surface area (Å²) >= 11 is 0. The zero-order valence-electron chi connectivity index (χ0n) is 13.2. The Morgan fingerprint density at radius 1 is 1.10 bits per heavy atom. The molecule has 4 heteroatoms. The van der Waals surface area contributed by atoms with Crippen molar-refractivity contribution < 1.29 is 13.9 Å². The molecule has 0 bridgehead atoms. The fraction of sp³-hybridized carbons (Fsp3) is 0.647. The minimum Gasteiger partial charge on any atom is -0.385 e. The van der Waals surface area contributed by atoms with Crippen molar-refractivity contribution in [3.8, 4) is 0 Å². The zero-order valence-corrected chi connectivity index (χ0v) is 13.2. The second-order valence-electron chi connectivity index (χ2n) is 5.35. The Labute approximate surface area is 127 Å². The van der Waals surface area contributed by atoms with Gasteiger partial charge in [0.2, 0.25) is 0 Å². The summed E-state index contributed by atoms with van der Waals surface area (Å²) in [6.45, 7) is 3.23. The monoisotopic (exact) mass is 297 g/mol. The molecule has 0 aliphatic carbocycles. The highest BCUT2D eigenvalue weighted by molar-refractivity contribution is 5.17. The summed E-state index contributed by atoms with van der Waals surface area (Å²) in [5.41, 5.74) is 0.808. The van der Waals surface area contributed by atoms with Crippen molar-refractivity contribution in [3.05, 3.63) is 35.6 Å². The SMILES string of the molecule is COCCCCC(CNCCOC)Cc1ccccc1F. The Hall–Kier alpha value is -0.970. The number of halogens is 1. The number of methoxy groups -OCH3 is 2. The van der Waals surface area contributed by atoms with E-state index in [0.29, 0.717) is 12.5 Å². The number of ether oxygens (including phenoxy) is 2. The fourth-order valence-electron chi connectivity index (χ4n) is 2.41. The first-order valence-electron chi connectivity index (χ1n) is 7.70. The van der Waals surface area contributed by atoms with E-state index in [1.165, 1.54) is 6.07 Å². The third kappa shape index (κ3) is 8.15. The van der Waals surface area contributed by atoms with E-state index in [0.717, 1.165) is 50.9 Å². The van der Waals surface area contributed by atoms with Crippen LogP contribution < -0.4 is 5.32 Å². The molecule has 0 heterocycles. The van der Waals surface area contributed by atoms with Crippen molar-refractivity contribution in [3.63, 3.8) is 0 Å². The molecule has 0 spiro atoms. The van der Waals surface area contributed by atoms with Crippen molar-refractivity contribution in [2.45, 2.75) is 25.7 Å². The molecule has 0 fully saturated rings. The second kappa shape index (κ2) is 11.7. The van der Waals surface area contributed by atoms with Gasteiger partial charge in [-0.1, -0.05) is 24.6 Å². The standard InChI is InChI=1S/C17H28FNO2/c1-20-11-6-5-7-15(14-19-10-12-21-2)13-16-8-3-4-9-17(16)18/h3-4,8-9,15,19H,5-7,10-14H2,1-2H3. The van der Waals surface area contributed by atoms with E-state index in [2.05, 4.69) is 5.32 Å². The molecule has 0 saturated heterocycles. The van der Waals surface area contributed by atoms with Crippen LogP contribution in [0.25, 0.3) is 0 Å². The molecule has 3 nitrogen and oxygen atoms in total. The summed E-state index contributed by atoms with van der Waals surface area (Å²) in [6.07, 6.45) is 4.03. The van der Waals surface area contributed by atoms with Crippen LogP contribution in [0, 0.1) is 11.7 Å². The van der Waals surface area contributed by atoms with Gasteiger partial charge in [0, 0.05) is 27.4 Å². The quantitative estimate of drug-likeness (QED) is 0.602. The predicted octanol–water partition coefficient (Wildman–Crippen LogP) is 3.04. The number of rotatable bonds is 12. The Morgan fingerprint density at radius 3 is 2.57 bits per heavy atom. The number of benzene rings is 1. The van der Waals surface area contributed by atoms with Gasteiger partial charge in [0.05, 0.1) is 6.61 Å². The maximum Gasteiger partial charge on any atom is 0.126 e. The van der Waals surface area contributed by atoms with Crippen molar-refractivity contribution >= 4 is 0 Å². The number of hydrogen-bond donors (Lipinski definition) is 1. The molecular formula is C17H28FNO2. The smallest absolute Gasteiger partial charge is 0.126 e. The van der Waals surface area contributed by atoms with Gasteiger partial charge in [-0.15, -0.1) is 0 Å². The molecule has 120 valence electrons. The second-order valence-corrected chi connectivity index (χ2v) is 5.35. The van der Waals surface area contributed by atoms with Crippen LogP contribution in [0.1, 0.15) is 24.8 Å². The fourth-order valence-corrected chi connectivity index (χ4v) is 2.41. The van der Waals surface area contributed by atoms with Gasteiger partial charge in [-0.2, -0.15) is 0 Å². The van der Waals surface area contributed by atoms with Crippen LogP contribution in [0.4, 0.5) is 4.39 Å². The normalized spacial score (nSPS) is 12.5. The highest BCUT2D eigenvalue weighted by Gasteiger charge is 2.12. The highest BCUT2D eigenvalue weighted by Crippen LogP contribution is 2.17. The van der Waals surface area contributed by atoms with E-state index in [1.54, 1.807) is 20.3 Å². The largest absolute Gasteiger partial charge is 0.385 e. The molecule has 0 saturated carbocycles. The molecule has 1 aromatic rings. The maximum absolute atomic E-state index is 13.8. The van der Waals surface area contributed by atoms with Crippen LogP contribution in [-0.4, -0.2) is 40.5 Å². The van der Waals surface area contributed by atoms with Crippen molar-refractivity contribution in [1.82, 2.24) is 5.32 Å². The van der Waals surface area contributed by atoms with Gasteiger partial charge in [0.25, 0.3) is 0 Å². The maximum atomic E-state index is 13.8. The number of hydrogen-bond acceptors (Lipinski definition) is 3. The lowest BCUT2D eigenvalue weighted by Crippen LogP contribution is -2.27. The summed E-state index contributed by atoms with van der Waals surface area (Å²) < 4.78 is 23.9. The van der Waals surface area contributed by atoms with Crippen LogP contribution >= 0.6 is 0 Å². The Bertz CT molecular complexity index is 362. The molecular weight excluding hydrogens is 269 g/mol. The van der Waals surface area contributed by atoms with E-state index >= 15 is 0 Å². The van der Waals surface area contributed by atoms with Crippen molar-refractivity contribution in [2.24, 2.45) is 5.92 Å². The Balaban J connectivity index is 2.44. The lowest BCUT2D eigenvalue weighted by molar-refractivity contribution is 0.188. The molecule has 1 aromatic carbocycles. The first-order valence-corrected chi connectivity index (χ1v) is 7.70. The topological polar surface area (TPSA) is 30.5 Å². The average Bonchev–Trinajstić information content (AvgIpc) is 2.50. The van der Waals surface area contributed by atoms with Crippen molar-refractivity contribution in [1.29, 1.82) is 0 Å². The summed E-state index contributed by atoms with van der Waals surface area (Å²) in [4.78, 5) is 0. The molecule has 0 aliphatic heterocycles. The van der Waals surface area contributed by atoms with Gasteiger partial charge in [-0.05, 0) is 43.4 Å². The van der Waals surface area contributed by atoms with Crippen LogP contribution in [0.5, 0.6) is 0 Å². The number of unbranched alkanes of at least 4 members (excludes halogenated alkanes) is 1. The lowest BCUT2D eigenvalue weighted by Gasteiger charge is -2.18. The third-order valence-electron chi connectivity index (χ3n) is 3.59. The average molecular weight is 297 g/mol. The Kier molecular flexibility index (Phi) is 10.0. The summed E-state index contributed by atoms with van der Waals surface area (Å²) in [5, 5.41) is 3.39. The highest BCUT2D eigenvalue weighted by atomic mass is 19.1.